The minimum atomic E-state index is -0.944. The first-order valence-electron chi connectivity index (χ1n) is 14.7. The Balaban J connectivity index is 0.00000202. The summed E-state index contributed by atoms with van der Waals surface area (Å²) in [5.74, 6) is 0.556. The molecule has 2 aliphatic carbocycles. The standard InChI is InChI=1S/C21H23.C18H17.2ClH.Zr/c1-14-12-19-15(2)6-11-18(20(19)13-14)16-7-9-17(10-8-16)21(3,4)5;1-13(2)16-11-15-9-6-10-17(18(15)12-16)14-7-4-3-5-8-14;;;/h6-13H,1-5H3;3-13H,1-2H3;2*1H;/q;;;;+2/p-2. The van der Waals surface area contributed by atoms with Crippen LogP contribution in [0.2, 0.25) is 0 Å². The number of halogens is 2. The van der Waals surface area contributed by atoms with Crippen LogP contribution in [-0.4, -0.2) is 0 Å². The maximum atomic E-state index is 2.56. The van der Waals surface area contributed by atoms with Gasteiger partial charge in [-0.2, -0.15) is 0 Å². The van der Waals surface area contributed by atoms with Crippen LogP contribution in [0.5, 0.6) is 0 Å². The zero-order valence-electron chi connectivity index (χ0n) is 25.7. The van der Waals surface area contributed by atoms with Gasteiger partial charge in [0.2, 0.25) is 0 Å². The van der Waals surface area contributed by atoms with E-state index in [1.807, 2.05) is 0 Å². The van der Waals surface area contributed by atoms with Gasteiger partial charge in [-0.3, -0.25) is 0 Å². The topological polar surface area (TPSA) is 0 Å². The Morgan fingerprint density at radius 2 is 1.29 bits per heavy atom. The fourth-order valence-electron chi connectivity index (χ4n) is 6.59. The summed E-state index contributed by atoms with van der Waals surface area (Å²) in [7, 11) is 0. The van der Waals surface area contributed by atoms with Crippen molar-refractivity contribution in [2.45, 2.75) is 61.1 Å². The van der Waals surface area contributed by atoms with Gasteiger partial charge in [-0.05, 0) is 0 Å². The SMILES string of the molecule is CC1=Cc2c(-c3ccc(C(C)(C)C)cc3)ccc(C)c2[CH]1[Zr+2][CH]1C(C(C)C)=Cc2c(-c3ccccc3)cccc21.[Cl-].[Cl-]. The van der Waals surface area contributed by atoms with Gasteiger partial charge in [-0.15, -0.1) is 0 Å². The van der Waals surface area contributed by atoms with Gasteiger partial charge < -0.3 is 24.8 Å². The van der Waals surface area contributed by atoms with E-state index in [9.17, 15) is 0 Å². The fraction of sp³-hybridized carbons (Fsp3) is 0.282. The average molecular weight is 671 g/mol. The molecule has 42 heavy (non-hydrogen) atoms. The van der Waals surface area contributed by atoms with E-state index in [0.29, 0.717) is 13.2 Å². The molecule has 0 heterocycles. The summed E-state index contributed by atoms with van der Waals surface area (Å²) >= 11 is -0.944. The van der Waals surface area contributed by atoms with Crippen LogP contribution in [0.4, 0.5) is 0 Å². The molecular weight excluding hydrogens is 631 g/mol. The van der Waals surface area contributed by atoms with Crippen molar-refractivity contribution in [3.63, 3.8) is 0 Å². The Morgan fingerprint density at radius 1 is 0.643 bits per heavy atom. The molecule has 0 aliphatic heterocycles. The Bertz CT molecular complexity index is 1640. The van der Waals surface area contributed by atoms with Gasteiger partial charge in [0.15, 0.2) is 0 Å². The van der Waals surface area contributed by atoms with Crippen molar-refractivity contribution in [1.29, 1.82) is 0 Å². The molecule has 3 heteroatoms. The number of benzene rings is 4. The van der Waals surface area contributed by atoms with Gasteiger partial charge in [-0.1, -0.05) is 0 Å². The van der Waals surface area contributed by atoms with E-state index in [1.54, 1.807) is 22.3 Å². The van der Waals surface area contributed by atoms with Crippen LogP contribution >= 0.6 is 0 Å². The number of fused-ring (bicyclic) bond motifs is 2. The van der Waals surface area contributed by atoms with E-state index in [1.165, 1.54) is 44.5 Å². The second kappa shape index (κ2) is 12.8. The van der Waals surface area contributed by atoms with E-state index in [-0.39, 0.29) is 30.2 Å². The quantitative estimate of drug-likeness (QED) is 0.282. The molecule has 2 atom stereocenters. The average Bonchev–Trinajstić information content (AvgIpc) is 3.47. The molecule has 0 aromatic heterocycles. The van der Waals surface area contributed by atoms with Crippen LogP contribution in [0.25, 0.3) is 34.4 Å². The smallest absolute Gasteiger partial charge is 1.00 e. The van der Waals surface area contributed by atoms with Gasteiger partial charge in [0.05, 0.1) is 0 Å². The first-order chi connectivity index (χ1) is 19.1. The molecule has 0 N–H and O–H groups in total. The molecule has 4 aromatic rings. The van der Waals surface area contributed by atoms with Gasteiger partial charge in [-0.25, -0.2) is 0 Å². The minimum Gasteiger partial charge on any atom is -1.00 e. The molecule has 0 saturated carbocycles. The summed E-state index contributed by atoms with van der Waals surface area (Å²) in [5, 5.41) is 0. The number of hydrogen-bond donors (Lipinski definition) is 0. The second-order valence-electron chi connectivity index (χ2n) is 13.0. The molecule has 0 amide bonds. The Kier molecular flexibility index (Phi) is 9.99. The van der Waals surface area contributed by atoms with Gasteiger partial charge in [0.1, 0.15) is 0 Å². The molecule has 214 valence electrons. The summed E-state index contributed by atoms with van der Waals surface area (Å²) in [6.07, 6.45) is 5.08. The first kappa shape index (κ1) is 32.7. The zero-order valence-corrected chi connectivity index (χ0v) is 29.7. The van der Waals surface area contributed by atoms with Gasteiger partial charge in [0, 0.05) is 0 Å². The van der Waals surface area contributed by atoms with Crippen LogP contribution in [0, 0.1) is 12.8 Å². The molecule has 0 fully saturated rings. The predicted molar refractivity (Wildman–Crippen MR) is 169 cm³/mol. The zero-order chi connectivity index (χ0) is 28.2. The maximum absolute atomic E-state index is 2.56. The van der Waals surface area contributed by atoms with Crippen molar-refractivity contribution in [2.75, 3.05) is 0 Å². The van der Waals surface area contributed by atoms with E-state index < -0.39 is 23.2 Å². The van der Waals surface area contributed by atoms with Crippen LogP contribution in [-0.2, 0) is 28.6 Å². The van der Waals surface area contributed by atoms with Crippen LogP contribution < -0.4 is 24.8 Å². The van der Waals surface area contributed by atoms with Crippen molar-refractivity contribution < 1.29 is 48.0 Å². The summed E-state index contributed by atoms with van der Waals surface area (Å²) in [6, 6.07) is 32.0. The maximum Gasteiger partial charge on any atom is -1.00 e. The van der Waals surface area contributed by atoms with Crippen molar-refractivity contribution >= 4 is 12.2 Å². The molecule has 4 aromatic carbocycles. The van der Waals surface area contributed by atoms with Crippen molar-refractivity contribution in [2.24, 2.45) is 5.92 Å². The minimum absolute atomic E-state index is 0. The van der Waals surface area contributed by atoms with Crippen molar-refractivity contribution in [3.05, 3.63) is 129 Å². The van der Waals surface area contributed by atoms with Crippen molar-refractivity contribution in [1.82, 2.24) is 0 Å². The number of hydrogen-bond acceptors (Lipinski definition) is 0. The molecule has 6 rings (SSSR count). The molecule has 0 bridgehead atoms. The largest absolute Gasteiger partial charge is 1.00 e. The molecule has 0 radical (unpaired) electrons. The Hall–Kier alpha value is -2.18. The third-order valence-electron chi connectivity index (χ3n) is 8.86. The summed E-state index contributed by atoms with van der Waals surface area (Å²) in [4.78, 5) is 0. The number of aryl methyl sites for hydroxylation is 1. The normalized spacial score (nSPS) is 17.0. The van der Waals surface area contributed by atoms with Crippen LogP contribution in [0.1, 0.15) is 82.2 Å². The van der Waals surface area contributed by atoms with Crippen molar-refractivity contribution in [3.8, 4) is 22.3 Å². The van der Waals surface area contributed by atoms with Gasteiger partial charge >= 0.3 is 254 Å². The van der Waals surface area contributed by atoms with Crippen LogP contribution in [0.3, 0.4) is 0 Å². The molecule has 2 unspecified atom stereocenters. The summed E-state index contributed by atoms with van der Waals surface area (Å²) in [5.41, 5.74) is 17.8. The Morgan fingerprint density at radius 3 is 1.93 bits per heavy atom. The van der Waals surface area contributed by atoms with E-state index in [4.69, 9.17) is 0 Å². The number of rotatable bonds is 5. The fourth-order valence-corrected chi connectivity index (χ4v) is 12.2. The van der Waals surface area contributed by atoms with Gasteiger partial charge in [0.25, 0.3) is 0 Å². The third kappa shape index (κ3) is 5.95. The Labute approximate surface area is 277 Å². The number of allylic oxidation sites excluding steroid dienone is 2. The van der Waals surface area contributed by atoms with Crippen LogP contribution in [0.15, 0.2) is 96.1 Å². The van der Waals surface area contributed by atoms with E-state index in [2.05, 4.69) is 146 Å². The molecule has 0 nitrogen and oxygen atoms in total. The van der Waals surface area contributed by atoms with E-state index >= 15 is 0 Å². The van der Waals surface area contributed by atoms with E-state index in [0.717, 1.165) is 0 Å². The first-order valence-corrected chi connectivity index (χ1v) is 17.6. The predicted octanol–water partition coefficient (Wildman–Crippen LogP) is 4.97. The molecule has 0 spiro atoms. The third-order valence-corrected chi connectivity index (χ3v) is 13.9. The second-order valence-corrected chi connectivity index (χ2v) is 16.6. The monoisotopic (exact) mass is 668 g/mol. The summed E-state index contributed by atoms with van der Waals surface area (Å²) in [6.45, 7) is 16.4. The molecule has 2 aliphatic rings. The molecular formula is C39H40Cl2Zr. The molecule has 0 saturated heterocycles. The summed E-state index contributed by atoms with van der Waals surface area (Å²) < 4.78 is 1.21.